The van der Waals surface area contributed by atoms with Gasteiger partial charge in [-0.2, -0.15) is 13.2 Å². The molecular weight excluding hydrogens is 395 g/mol. The number of rotatable bonds is 5. The highest BCUT2D eigenvalue weighted by Gasteiger charge is 2.33. The molecule has 0 aliphatic rings. The van der Waals surface area contributed by atoms with E-state index in [1.54, 1.807) is 28.8 Å². The van der Waals surface area contributed by atoms with Crippen molar-refractivity contribution in [2.45, 2.75) is 19.1 Å². The summed E-state index contributed by atoms with van der Waals surface area (Å²) in [7, 11) is 1.27. The Hall–Kier alpha value is -2.51. The maximum atomic E-state index is 13.4. The summed E-state index contributed by atoms with van der Waals surface area (Å²) >= 11 is 5.75. The number of halogens is 4. The number of fused-ring (bicyclic) bond motifs is 1. The van der Waals surface area contributed by atoms with Gasteiger partial charge in [-0.25, -0.2) is 4.79 Å². The standard InChI is InChI=1S/C20H17ClF3NO3/c1-28-19(27)13-3-5-18-14(8-13)10-16(25(18)6-7-26)9-12-2-4-15(21)11-17(12)20(22,23)24/h2-5,8,10-11,26H,6-7,9H2,1H3. The van der Waals surface area contributed by atoms with Crippen LogP contribution in [-0.4, -0.2) is 29.4 Å². The van der Waals surface area contributed by atoms with Gasteiger partial charge in [-0.3, -0.25) is 0 Å². The van der Waals surface area contributed by atoms with E-state index in [9.17, 15) is 23.1 Å². The van der Waals surface area contributed by atoms with Crippen LogP contribution < -0.4 is 0 Å². The van der Waals surface area contributed by atoms with Crippen molar-refractivity contribution in [2.24, 2.45) is 0 Å². The molecule has 0 saturated heterocycles. The fourth-order valence-electron chi connectivity index (χ4n) is 3.25. The zero-order chi connectivity index (χ0) is 20.5. The Morgan fingerprint density at radius 2 is 1.93 bits per heavy atom. The molecule has 0 amide bonds. The molecule has 0 aliphatic carbocycles. The number of nitrogens with zero attached hydrogens (tertiary/aromatic N) is 1. The van der Waals surface area contributed by atoms with Gasteiger partial charge in [-0.15, -0.1) is 0 Å². The number of hydrogen-bond donors (Lipinski definition) is 1. The Morgan fingerprint density at radius 3 is 2.57 bits per heavy atom. The average molecular weight is 412 g/mol. The van der Waals surface area contributed by atoms with E-state index in [1.807, 2.05) is 0 Å². The first kappa shape index (κ1) is 20.2. The summed E-state index contributed by atoms with van der Waals surface area (Å²) < 4.78 is 46.7. The zero-order valence-corrected chi connectivity index (χ0v) is 15.6. The minimum Gasteiger partial charge on any atom is -0.465 e. The van der Waals surface area contributed by atoms with Crippen molar-refractivity contribution >= 4 is 28.5 Å². The second kappa shape index (κ2) is 7.85. The lowest BCUT2D eigenvalue weighted by Gasteiger charge is -2.15. The number of aliphatic hydroxyl groups excluding tert-OH is 1. The molecule has 0 saturated carbocycles. The highest BCUT2D eigenvalue weighted by atomic mass is 35.5. The van der Waals surface area contributed by atoms with Crippen molar-refractivity contribution in [3.05, 3.63) is 69.9 Å². The van der Waals surface area contributed by atoms with Crippen LogP contribution in [0.5, 0.6) is 0 Å². The second-order valence-electron chi connectivity index (χ2n) is 6.25. The van der Waals surface area contributed by atoms with Crippen LogP contribution >= 0.6 is 11.6 Å². The third-order valence-electron chi connectivity index (χ3n) is 4.48. The van der Waals surface area contributed by atoms with Gasteiger partial charge < -0.3 is 14.4 Å². The lowest BCUT2D eigenvalue weighted by atomic mass is 10.0. The summed E-state index contributed by atoms with van der Waals surface area (Å²) in [5.41, 5.74) is 0.909. The van der Waals surface area contributed by atoms with Crippen LogP contribution in [-0.2, 0) is 23.9 Å². The van der Waals surface area contributed by atoms with E-state index in [1.165, 1.54) is 19.2 Å². The number of esters is 1. The molecule has 148 valence electrons. The van der Waals surface area contributed by atoms with Gasteiger partial charge in [0.25, 0.3) is 0 Å². The van der Waals surface area contributed by atoms with Crippen molar-refractivity contribution in [1.82, 2.24) is 4.57 Å². The zero-order valence-electron chi connectivity index (χ0n) is 14.9. The van der Waals surface area contributed by atoms with Gasteiger partial charge >= 0.3 is 12.1 Å². The molecule has 1 heterocycles. The van der Waals surface area contributed by atoms with E-state index >= 15 is 0 Å². The van der Waals surface area contributed by atoms with Gasteiger partial charge in [0.05, 0.1) is 24.8 Å². The summed E-state index contributed by atoms with van der Waals surface area (Å²) in [6.07, 6.45) is -4.54. The number of hydrogen-bond acceptors (Lipinski definition) is 3. The van der Waals surface area contributed by atoms with Crippen LogP contribution in [0, 0.1) is 0 Å². The summed E-state index contributed by atoms with van der Waals surface area (Å²) in [5, 5.41) is 10.1. The molecule has 28 heavy (non-hydrogen) atoms. The molecule has 0 spiro atoms. The molecule has 3 rings (SSSR count). The smallest absolute Gasteiger partial charge is 0.416 e. The van der Waals surface area contributed by atoms with E-state index in [0.29, 0.717) is 22.2 Å². The second-order valence-corrected chi connectivity index (χ2v) is 6.69. The molecular formula is C20H17ClF3NO3. The summed E-state index contributed by atoms with van der Waals surface area (Å²) in [5.74, 6) is -0.504. The van der Waals surface area contributed by atoms with Crippen LogP contribution in [0.3, 0.4) is 0 Å². The van der Waals surface area contributed by atoms with Gasteiger partial charge in [-0.1, -0.05) is 17.7 Å². The molecule has 0 radical (unpaired) electrons. The van der Waals surface area contributed by atoms with Crippen LogP contribution in [0.4, 0.5) is 13.2 Å². The highest BCUT2D eigenvalue weighted by Crippen LogP contribution is 2.35. The minimum atomic E-state index is -4.54. The summed E-state index contributed by atoms with van der Waals surface area (Å²) in [6, 6.07) is 10.3. The van der Waals surface area contributed by atoms with E-state index in [0.717, 1.165) is 6.07 Å². The van der Waals surface area contributed by atoms with Crippen molar-refractivity contribution < 1.29 is 27.8 Å². The molecule has 1 aromatic heterocycles. The topological polar surface area (TPSA) is 51.5 Å². The number of benzene rings is 2. The van der Waals surface area contributed by atoms with Crippen LogP contribution in [0.15, 0.2) is 42.5 Å². The Kier molecular flexibility index (Phi) is 5.67. The van der Waals surface area contributed by atoms with E-state index in [2.05, 4.69) is 0 Å². The van der Waals surface area contributed by atoms with Gasteiger partial charge in [0.2, 0.25) is 0 Å². The maximum absolute atomic E-state index is 13.4. The van der Waals surface area contributed by atoms with Crippen molar-refractivity contribution in [2.75, 3.05) is 13.7 Å². The summed E-state index contributed by atoms with van der Waals surface area (Å²) in [4.78, 5) is 11.7. The SMILES string of the molecule is COC(=O)c1ccc2c(c1)cc(Cc1ccc(Cl)cc1C(F)(F)F)n2CCO. The van der Waals surface area contributed by atoms with Gasteiger partial charge in [0.1, 0.15) is 0 Å². The maximum Gasteiger partial charge on any atom is 0.416 e. The predicted molar refractivity (Wildman–Crippen MR) is 99.6 cm³/mol. The van der Waals surface area contributed by atoms with Crippen LogP contribution in [0.25, 0.3) is 10.9 Å². The molecule has 0 fully saturated rings. The lowest BCUT2D eigenvalue weighted by molar-refractivity contribution is -0.138. The first-order valence-electron chi connectivity index (χ1n) is 8.41. The molecule has 0 aliphatic heterocycles. The number of alkyl halides is 3. The fraction of sp³-hybridized carbons (Fsp3) is 0.250. The predicted octanol–water partition coefficient (Wildman–Crippen LogP) is 4.68. The minimum absolute atomic E-state index is 0.00570. The van der Waals surface area contributed by atoms with E-state index in [-0.39, 0.29) is 30.2 Å². The van der Waals surface area contributed by atoms with Gasteiger partial charge in [0, 0.05) is 34.6 Å². The first-order valence-corrected chi connectivity index (χ1v) is 8.79. The van der Waals surface area contributed by atoms with Crippen LogP contribution in [0.1, 0.15) is 27.2 Å². The molecule has 3 aromatic rings. The van der Waals surface area contributed by atoms with E-state index in [4.69, 9.17) is 16.3 Å². The third-order valence-corrected chi connectivity index (χ3v) is 4.72. The molecule has 2 aromatic carbocycles. The molecule has 0 unspecified atom stereocenters. The Bertz CT molecular complexity index is 1030. The largest absolute Gasteiger partial charge is 0.465 e. The van der Waals surface area contributed by atoms with Crippen LogP contribution in [0.2, 0.25) is 5.02 Å². The van der Waals surface area contributed by atoms with Crippen molar-refractivity contribution in [3.63, 3.8) is 0 Å². The van der Waals surface area contributed by atoms with Gasteiger partial charge in [0.15, 0.2) is 0 Å². The first-order chi connectivity index (χ1) is 13.2. The average Bonchev–Trinajstić information content (AvgIpc) is 2.98. The quantitative estimate of drug-likeness (QED) is 0.620. The monoisotopic (exact) mass is 411 g/mol. The number of carbonyl (C=O) groups is 1. The number of ether oxygens (including phenoxy) is 1. The van der Waals surface area contributed by atoms with E-state index < -0.39 is 17.7 Å². The molecule has 4 nitrogen and oxygen atoms in total. The Labute approximate surface area is 164 Å². The normalized spacial score (nSPS) is 11.8. The van der Waals surface area contributed by atoms with Gasteiger partial charge in [-0.05, 0) is 42.0 Å². The Morgan fingerprint density at radius 1 is 1.18 bits per heavy atom. The third kappa shape index (κ3) is 4.00. The van der Waals surface area contributed by atoms with Crippen molar-refractivity contribution in [3.8, 4) is 0 Å². The lowest BCUT2D eigenvalue weighted by Crippen LogP contribution is -2.12. The molecule has 0 bridgehead atoms. The Balaban J connectivity index is 2.10. The number of methoxy groups -OCH3 is 1. The molecule has 8 heteroatoms. The fourth-order valence-corrected chi connectivity index (χ4v) is 3.42. The van der Waals surface area contributed by atoms with Crippen molar-refractivity contribution in [1.29, 1.82) is 0 Å². The molecule has 0 atom stereocenters. The highest BCUT2D eigenvalue weighted by molar-refractivity contribution is 6.30. The number of aliphatic hydroxyl groups is 1. The number of carbonyl (C=O) groups excluding carboxylic acids is 1. The number of aromatic nitrogens is 1. The summed E-state index contributed by atoms with van der Waals surface area (Å²) in [6.45, 7) is 0.0353. The molecule has 1 N–H and O–H groups in total.